The van der Waals surface area contributed by atoms with Crippen LogP contribution in [0.25, 0.3) is 0 Å². The van der Waals surface area contributed by atoms with E-state index in [1.807, 2.05) is 0 Å². The molecule has 0 aliphatic heterocycles. The minimum absolute atomic E-state index is 0.131. The quantitative estimate of drug-likeness (QED) is 0.637. The van der Waals surface area contributed by atoms with Gasteiger partial charge in [-0.25, -0.2) is 4.39 Å². The molecule has 0 bridgehead atoms. The topological polar surface area (TPSA) is 26.0 Å². The molecule has 18 heavy (non-hydrogen) atoms. The van der Waals surface area contributed by atoms with Gasteiger partial charge >= 0.3 is 0 Å². The third-order valence-corrected chi connectivity index (χ3v) is 4.21. The van der Waals surface area contributed by atoms with E-state index in [0.29, 0.717) is 22.0 Å². The summed E-state index contributed by atoms with van der Waals surface area (Å²) in [6.45, 7) is 0. The Kier molecular flexibility index (Phi) is 4.38. The fourth-order valence-corrected chi connectivity index (χ4v) is 2.88. The molecule has 2 aromatic carbocycles. The highest BCUT2D eigenvalue weighted by Gasteiger charge is 2.08. The van der Waals surface area contributed by atoms with E-state index in [1.54, 1.807) is 30.3 Å². The van der Waals surface area contributed by atoms with E-state index in [4.69, 9.17) is 28.9 Å². The van der Waals surface area contributed by atoms with Crippen LogP contribution >= 0.6 is 35.0 Å². The summed E-state index contributed by atoms with van der Waals surface area (Å²) in [6, 6.07) is 10.2. The summed E-state index contributed by atoms with van der Waals surface area (Å²) in [5.41, 5.74) is 6.86. The van der Waals surface area contributed by atoms with Gasteiger partial charge in [0.05, 0.1) is 10.0 Å². The summed E-state index contributed by atoms with van der Waals surface area (Å²) in [5.74, 6) is 0.0712. The Labute approximate surface area is 119 Å². The molecule has 0 radical (unpaired) electrons. The lowest BCUT2D eigenvalue weighted by molar-refractivity contribution is 0.618. The molecule has 0 aromatic heterocycles. The van der Waals surface area contributed by atoms with Crippen LogP contribution in [0.5, 0.6) is 0 Å². The summed E-state index contributed by atoms with van der Waals surface area (Å²) in [5, 5.41) is 0.739. The van der Waals surface area contributed by atoms with E-state index in [-0.39, 0.29) is 10.8 Å². The minimum Gasteiger partial charge on any atom is -0.399 e. The molecule has 0 aliphatic rings. The highest BCUT2D eigenvalue weighted by Crippen LogP contribution is 2.32. The van der Waals surface area contributed by atoms with E-state index in [2.05, 4.69) is 0 Å². The Hall–Kier alpha value is -0.900. The average Bonchev–Trinajstić information content (AvgIpc) is 2.35. The lowest BCUT2D eigenvalue weighted by atomic mass is 10.2. The predicted octanol–water partition coefficient (Wildman–Crippen LogP) is 5.01. The van der Waals surface area contributed by atoms with E-state index in [9.17, 15) is 4.39 Å². The van der Waals surface area contributed by atoms with Crippen molar-refractivity contribution >= 4 is 40.7 Å². The van der Waals surface area contributed by atoms with Crippen molar-refractivity contribution in [3.63, 3.8) is 0 Å². The second-order valence-corrected chi connectivity index (χ2v) is 5.52. The number of rotatable bonds is 3. The third-order valence-electron chi connectivity index (χ3n) is 2.37. The lowest BCUT2D eigenvalue weighted by Crippen LogP contribution is -1.90. The van der Waals surface area contributed by atoms with Gasteiger partial charge in [-0.05, 0) is 29.8 Å². The summed E-state index contributed by atoms with van der Waals surface area (Å²) >= 11 is 13.2. The molecule has 2 rings (SSSR count). The molecule has 0 fully saturated rings. The Morgan fingerprint density at radius 3 is 2.67 bits per heavy atom. The van der Waals surface area contributed by atoms with Gasteiger partial charge in [0.15, 0.2) is 0 Å². The molecule has 0 unspecified atom stereocenters. The standard InChI is InChI=1S/C13H10Cl2FNS/c14-10-5-4-9(17)6-12(10)18-7-8-2-1-3-11(15)13(8)16/h1-6H,7,17H2. The van der Waals surface area contributed by atoms with Crippen molar-refractivity contribution in [2.75, 3.05) is 5.73 Å². The molecule has 2 N–H and O–H groups in total. The Morgan fingerprint density at radius 2 is 1.89 bits per heavy atom. The van der Waals surface area contributed by atoms with Crippen LogP contribution in [0.2, 0.25) is 10.0 Å². The minimum atomic E-state index is -0.383. The second kappa shape index (κ2) is 5.83. The molecule has 0 atom stereocenters. The highest BCUT2D eigenvalue weighted by molar-refractivity contribution is 7.98. The predicted molar refractivity (Wildman–Crippen MR) is 76.8 cm³/mol. The molecule has 1 nitrogen and oxygen atoms in total. The number of hydrogen-bond donors (Lipinski definition) is 1. The molecule has 5 heteroatoms. The van der Waals surface area contributed by atoms with Crippen molar-refractivity contribution < 1.29 is 4.39 Å². The van der Waals surface area contributed by atoms with Gasteiger partial charge in [0.25, 0.3) is 0 Å². The molecule has 94 valence electrons. The first-order valence-corrected chi connectivity index (χ1v) is 6.93. The number of nitrogens with two attached hydrogens (primary N) is 1. The molecule has 0 saturated heterocycles. The van der Waals surface area contributed by atoms with Gasteiger partial charge in [-0.3, -0.25) is 0 Å². The maximum atomic E-state index is 13.7. The number of halogens is 3. The van der Waals surface area contributed by atoms with Crippen LogP contribution in [-0.4, -0.2) is 0 Å². The maximum absolute atomic E-state index is 13.7. The van der Waals surface area contributed by atoms with E-state index < -0.39 is 0 Å². The molecule has 0 spiro atoms. The van der Waals surface area contributed by atoms with Gasteiger partial charge in [0, 0.05) is 16.3 Å². The van der Waals surface area contributed by atoms with E-state index in [1.165, 1.54) is 17.8 Å². The first-order valence-electron chi connectivity index (χ1n) is 5.18. The summed E-state index contributed by atoms with van der Waals surface area (Å²) in [7, 11) is 0. The van der Waals surface area contributed by atoms with Gasteiger partial charge in [-0.15, -0.1) is 11.8 Å². The molecule has 2 aromatic rings. The Bertz CT molecular complexity index is 573. The van der Waals surface area contributed by atoms with Crippen LogP contribution in [0.3, 0.4) is 0 Å². The van der Waals surface area contributed by atoms with Crippen LogP contribution in [0.4, 0.5) is 10.1 Å². The maximum Gasteiger partial charge on any atom is 0.145 e. The SMILES string of the molecule is Nc1ccc(Cl)c(SCc2cccc(Cl)c2F)c1. The molecular weight excluding hydrogens is 292 g/mol. The van der Waals surface area contributed by atoms with Crippen LogP contribution in [0, 0.1) is 5.82 Å². The van der Waals surface area contributed by atoms with Crippen molar-refractivity contribution in [2.45, 2.75) is 10.6 Å². The van der Waals surface area contributed by atoms with Crippen LogP contribution in [0.15, 0.2) is 41.3 Å². The van der Waals surface area contributed by atoms with Gasteiger partial charge < -0.3 is 5.73 Å². The smallest absolute Gasteiger partial charge is 0.145 e. The lowest BCUT2D eigenvalue weighted by Gasteiger charge is -2.07. The van der Waals surface area contributed by atoms with Crippen molar-refractivity contribution in [2.24, 2.45) is 0 Å². The van der Waals surface area contributed by atoms with Crippen LogP contribution in [-0.2, 0) is 5.75 Å². The molecule has 0 saturated carbocycles. The van der Waals surface area contributed by atoms with Crippen LogP contribution in [0.1, 0.15) is 5.56 Å². The largest absolute Gasteiger partial charge is 0.399 e. The third kappa shape index (κ3) is 3.10. The number of benzene rings is 2. The number of anilines is 1. The fourth-order valence-electron chi connectivity index (χ4n) is 1.45. The highest BCUT2D eigenvalue weighted by atomic mass is 35.5. The summed E-state index contributed by atoms with van der Waals surface area (Å²) < 4.78 is 13.7. The zero-order chi connectivity index (χ0) is 13.1. The van der Waals surface area contributed by atoms with E-state index >= 15 is 0 Å². The summed E-state index contributed by atoms with van der Waals surface area (Å²) in [6.07, 6.45) is 0. The normalized spacial score (nSPS) is 10.6. The average molecular weight is 302 g/mol. The Balaban J connectivity index is 2.16. The van der Waals surface area contributed by atoms with Gasteiger partial charge in [0.1, 0.15) is 5.82 Å². The van der Waals surface area contributed by atoms with Gasteiger partial charge in [-0.2, -0.15) is 0 Å². The van der Waals surface area contributed by atoms with Crippen molar-refractivity contribution in [1.82, 2.24) is 0 Å². The number of thioether (sulfide) groups is 1. The molecular formula is C13H10Cl2FNS. The van der Waals surface area contributed by atoms with Crippen molar-refractivity contribution in [1.29, 1.82) is 0 Å². The first kappa shape index (κ1) is 13.5. The molecule has 0 aliphatic carbocycles. The van der Waals surface area contributed by atoms with Crippen molar-refractivity contribution in [3.8, 4) is 0 Å². The van der Waals surface area contributed by atoms with Gasteiger partial charge in [-0.1, -0.05) is 35.3 Å². The summed E-state index contributed by atoms with van der Waals surface area (Å²) in [4.78, 5) is 0.830. The Morgan fingerprint density at radius 1 is 1.11 bits per heavy atom. The van der Waals surface area contributed by atoms with E-state index in [0.717, 1.165) is 4.90 Å². The second-order valence-electron chi connectivity index (χ2n) is 3.69. The fraction of sp³-hybridized carbons (Fsp3) is 0.0769. The molecule has 0 amide bonds. The van der Waals surface area contributed by atoms with Gasteiger partial charge in [0.2, 0.25) is 0 Å². The van der Waals surface area contributed by atoms with Crippen LogP contribution < -0.4 is 5.73 Å². The number of nitrogen functional groups attached to an aromatic ring is 1. The zero-order valence-corrected chi connectivity index (χ0v) is 11.6. The molecule has 0 heterocycles. The zero-order valence-electron chi connectivity index (χ0n) is 9.29. The van der Waals surface area contributed by atoms with Crippen molar-refractivity contribution in [3.05, 3.63) is 57.8 Å². The monoisotopic (exact) mass is 301 g/mol. The number of hydrogen-bond acceptors (Lipinski definition) is 2. The first-order chi connectivity index (χ1) is 8.58.